The number of amides is 3. The van der Waals surface area contributed by atoms with E-state index in [1.807, 2.05) is 67.4 Å². The average Bonchev–Trinajstić information content (AvgIpc) is 3.96. The molecule has 2 aromatic heterocycles. The van der Waals surface area contributed by atoms with Gasteiger partial charge >= 0.3 is 6.09 Å². The number of alkyl carbamates (subject to hydrolysis) is 1. The van der Waals surface area contributed by atoms with Crippen molar-refractivity contribution in [2.24, 2.45) is 5.92 Å². The molecule has 0 spiro atoms. The number of nitrogens with zero attached hydrogens (tertiary/aromatic N) is 3. The molecule has 14 heteroatoms. The summed E-state index contributed by atoms with van der Waals surface area (Å²) in [5.41, 5.74) is 5.39. The number of ether oxygens (including phenoxy) is 2. The van der Waals surface area contributed by atoms with Crippen LogP contribution < -0.4 is 16.0 Å². The lowest BCUT2D eigenvalue weighted by Crippen LogP contribution is -2.51. The van der Waals surface area contributed by atoms with Crippen LogP contribution in [0.5, 0.6) is 0 Å². The van der Waals surface area contributed by atoms with Crippen molar-refractivity contribution in [3.8, 4) is 23.1 Å². The maximum atomic E-state index is 13.5. The molecule has 296 valence electrons. The fraction of sp³-hybridized carbons (Fsp3) is 0.463. The predicted octanol–water partition coefficient (Wildman–Crippen LogP) is 5.26. The highest BCUT2D eigenvalue weighted by molar-refractivity contribution is 5.86. The van der Waals surface area contributed by atoms with Gasteiger partial charge in [0.25, 0.3) is 6.47 Å². The molecule has 5 N–H and O–H groups in total. The third kappa shape index (κ3) is 13.6. The van der Waals surface area contributed by atoms with Crippen LogP contribution in [0.15, 0.2) is 48.7 Å². The van der Waals surface area contributed by atoms with E-state index in [1.54, 1.807) is 7.05 Å². The lowest BCUT2D eigenvalue weighted by atomic mass is 10.0. The molecule has 55 heavy (non-hydrogen) atoms. The van der Waals surface area contributed by atoms with Crippen molar-refractivity contribution in [2.75, 3.05) is 40.9 Å². The number of imidazole rings is 2. The van der Waals surface area contributed by atoms with Gasteiger partial charge in [0, 0.05) is 30.6 Å². The van der Waals surface area contributed by atoms with Gasteiger partial charge in [-0.2, -0.15) is 0 Å². The molecule has 5 rings (SSSR count). The molecule has 3 heterocycles. The van der Waals surface area contributed by atoms with E-state index in [1.165, 1.54) is 20.6 Å². The number of carbonyl (C=O) groups excluding carboxylic acids is 4. The molecule has 0 saturated carbocycles. The maximum Gasteiger partial charge on any atom is 0.407 e. The first-order valence-corrected chi connectivity index (χ1v) is 18.8. The Balaban J connectivity index is 0.00000107. The van der Waals surface area contributed by atoms with Gasteiger partial charge in [-0.05, 0) is 74.5 Å². The van der Waals surface area contributed by atoms with Gasteiger partial charge in [-0.15, -0.1) is 0 Å². The van der Waals surface area contributed by atoms with Crippen LogP contribution in [0.1, 0.15) is 88.6 Å². The summed E-state index contributed by atoms with van der Waals surface area (Å²) in [5.74, 6) is 7.94. The minimum atomic E-state index is -0.679. The number of carbonyl (C=O) groups is 4. The topological polar surface area (TPSA) is 183 Å². The third-order valence-electron chi connectivity index (χ3n) is 8.51. The van der Waals surface area contributed by atoms with E-state index in [2.05, 4.69) is 61.3 Å². The molecule has 4 aromatic rings. The van der Waals surface area contributed by atoms with Crippen LogP contribution in [0.3, 0.4) is 0 Å². The lowest BCUT2D eigenvalue weighted by molar-refractivity contribution is -0.135. The van der Waals surface area contributed by atoms with E-state index < -0.39 is 12.1 Å². The van der Waals surface area contributed by atoms with E-state index in [-0.39, 0.29) is 23.8 Å². The molecule has 0 bridgehead atoms. The van der Waals surface area contributed by atoms with Gasteiger partial charge in [0.2, 0.25) is 11.8 Å². The number of rotatable bonds is 13. The van der Waals surface area contributed by atoms with Crippen molar-refractivity contribution < 1.29 is 28.7 Å². The largest absolute Gasteiger partial charge is 0.471 e. The number of nitrogens with one attached hydrogen (secondary N) is 5. The quantitative estimate of drug-likeness (QED) is 0.0690. The van der Waals surface area contributed by atoms with E-state index in [0.717, 1.165) is 77.2 Å². The van der Waals surface area contributed by atoms with Crippen molar-refractivity contribution in [2.45, 2.75) is 78.3 Å². The second kappa shape index (κ2) is 23.2. The standard InChI is InChI=1S/C36H44N8O4.C3H8.C2H4O2/c1-23(2)33(43-36(47)48-4)35(46)44-19-7-8-30(44)34-41-27-17-14-25(20-28(27)42-34)11-10-24-12-15-26(16-13-24)29-21-39-31(40-29)9-5-6-18-38-32(45)22-37-3;1-3-2;1-4-2-3/h12-17,20-21,23,30,33,37H,5-9,18-19,22H2,1-4H3,(H,38,45)(H,39,40)(H,41,42)(H,43,47);3H2,1-2H3;2H,1H3. The molecule has 1 aliphatic heterocycles. The zero-order valence-electron chi connectivity index (χ0n) is 33.1. The molecule has 1 aliphatic rings. The van der Waals surface area contributed by atoms with E-state index >= 15 is 0 Å². The number of methoxy groups -OCH3 is 2. The SMILES string of the molecule is CCC.CNCC(=O)NCCCCc1ncc(-c2ccc(C#Cc3ccc4nc(C5CCCN5C(=O)C(NC(=O)OC)C(C)C)[nH]c4c3)cc2)[nH]1.COC=O. The summed E-state index contributed by atoms with van der Waals surface area (Å²) >= 11 is 0. The number of likely N-dealkylation sites (N-methyl/N-ethyl adjacent to an activating group) is 1. The Bertz CT molecular complexity index is 1870. The molecular weight excluding hydrogens is 701 g/mol. The zero-order valence-corrected chi connectivity index (χ0v) is 33.1. The number of hydrogen-bond acceptors (Lipinski definition) is 9. The monoisotopic (exact) mass is 756 g/mol. The smallest absolute Gasteiger partial charge is 0.407 e. The number of H-pyrrole nitrogens is 2. The summed E-state index contributed by atoms with van der Waals surface area (Å²) in [6.45, 7) is 10.0. The number of likely N-dealkylation sites (tertiary alicyclic amines) is 1. The first-order chi connectivity index (χ1) is 26.6. The number of fused-ring (bicyclic) bond motifs is 1. The predicted molar refractivity (Wildman–Crippen MR) is 213 cm³/mol. The number of unbranched alkanes of at least 4 members (excludes halogenated alkanes) is 1. The lowest BCUT2D eigenvalue weighted by Gasteiger charge is -2.29. The van der Waals surface area contributed by atoms with Crippen LogP contribution in [-0.4, -0.2) is 96.2 Å². The van der Waals surface area contributed by atoms with Crippen LogP contribution in [0.2, 0.25) is 0 Å². The molecule has 0 radical (unpaired) electrons. The minimum Gasteiger partial charge on any atom is -0.471 e. The van der Waals surface area contributed by atoms with Crippen molar-refractivity contribution in [1.29, 1.82) is 0 Å². The number of aromatic nitrogens is 4. The highest BCUT2D eigenvalue weighted by Crippen LogP contribution is 2.32. The summed E-state index contributed by atoms with van der Waals surface area (Å²) in [4.78, 5) is 63.8. The Hall–Kier alpha value is -5.68. The Labute approximate surface area is 323 Å². The molecule has 2 aromatic carbocycles. The summed E-state index contributed by atoms with van der Waals surface area (Å²) in [6.07, 6.45) is 6.76. The van der Waals surface area contributed by atoms with Crippen molar-refractivity contribution in [3.63, 3.8) is 0 Å². The first-order valence-electron chi connectivity index (χ1n) is 18.8. The van der Waals surface area contributed by atoms with E-state index in [4.69, 9.17) is 14.5 Å². The molecule has 14 nitrogen and oxygen atoms in total. The molecule has 2 atom stereocenters. The summed E-state index contributed by atoms with van der Waals surface area (Å²) in [6, 6.07) is 13.0. The van der Waals surface area contributed by atoms with Gasteiger partial charge in [-0.3, -0.25) is 14.4 Å². The molecule has 1 saturated heterocycles. The van der Waals surface area contributed by atoms with Crippen LogP contribution in [0, 0.1) is 17.8 Å². The molecule has 1 fully saturated rings. The number of aryl methyl sites for hydroxylation is 1. The van der Waals surface area contributed by atoms with E-state index in [9.17, 15) is 14.4 Å². The van der Waals surface area contributed by atoms with Crippen LogP contribution in [-0.2, 0) is 30.3 Å². The van der Waals surface area contributed by atoms with Crippen LogP contribution in [0.4, 0.5) is 4.79 Å². The summed E-state index contributed by atoms with van der Waals surface area (Å²) in [7, 11) is 4.36. The Morgan fingerprint density at radius 3 is 2.38 bits per heavy atom. The first kappa shape index (κ1) is 43.7. The van der Waals surface area contributed by atoms with Gasteiger partial charge in [0.05, 0.1) is 49.7 Å². The minimum absolute atomic E-state index is 0.00875. The van der Waals surface area contributed by atoms with Crippen molar-refractivity contribution >= 4 is 35.4 Å². The maximum absolute atomic E-state index is 13.5. The summed E-state index contributed by atoms with van der Waals surface area (Å²) < 4.78 is 8.60. The Morgan fingerprint density at radius 2 is 1.73 bits per heavy atom. The van der Waals surface area contributed by atoms with Crippen molar-refractivity contribution in [1.82, 2.24) is 40.8 Å². The van der Waals surface area contributed by atoms with Crippen molar-refractivity contribution in [3.05, 3.63) is 71.4 Å². The number of aromatic amines is 2. The number of benzene rings is 2. The second-order valence-corrected chi connectivity index (χ2v) is 13.3. The molecule has 3 amide bonds. The van der Waals surface area contributed by atoms with Gasteiger partial charge in [0.1, 0.15) is 17.7 Å². The Kier molecular flexibility index (Phi) is 18.4. The van der Waals surface area contributed by atoms with Crippen LogP contribution >= 0.6 is 0 Å². The van der Waals surface area contributed by atoms with Gasteiger partial charge < -0.3 is 40.3 Å². The second-order valence-electron chi connectivity index (χ2n) is 13.3. The van der Waals surface area contributed by atoms with Gasteiger partial charge in [-0.1, -0.05) is 58.1 Å². The zero-order chi connectivity index (χ0) is 40.2. The average molecular weight is 757 g/mol. The Morgan fingerprint density at radius 1 is 1.04 bits per heavy atom. The molecular formula is C41H56N8O6. The number of hydrogen-bond donors (Lipinski definition) is 5. The fourth-order valence-corrected chi connectivity index (χ4v) is 5.84. The van der Waals surface area contributed by atoms with E-state index in [0.29, 0.717) is 26.1 Å². The van der Waals surface area contributed by atoms with Crippen LogP contribution in [0.25, 0.3) is 22.3 Å². The highest BCUT2D eigenvalue weighted by Gasteiger charge is 2.37. The highest BCUT2D eigenvalue weighted by atomic mass is 16.5. The summed E-state index contributed by atoms with van der Waals surface area (Å²) in [5, 5.41) is 8.42. The third-order valence-corrected chi connectivity index (χ3v) is 8.51. The fourth-order valence-electron chi connectivity index (χ4n) is 5.84. The molecule has 0 aliphatic carbocycles. The molecule has 2 unspecified atom stereocenters. The normalized spacial score (nSPS) is 13.7. The van der Waals surface area contributed by atoms with Gasteiger partial charge in [0.15, 0.2) is 0 Å². The van der Waals surface area contributed by atoms with Gasteiger partial charge in [-0.25, -0.2) is 14.8 Å².